The van der Waals surface area contributed by atoms with E-state index in [0.29, 0.717) is 25.2 Å². The molecule has 0 fully saturated rings. The fraction of sp³-hybridized carbons (Fsp3) is 0.235. The van der Waals surface area contributed by atoms with Gasteiger partial charge in [-0.1, -0.05) is 52.3 Å². The van der Waals surface area contributed by atoms with Crippen LogP contribution in [0, 0.1) is 0 Å². The molecule has 2 aromatic carbocycles. The van der Waals surface area contributed by atoms with Crippen LogP contribution in [0.5, 0.6) is 0 Å². The van der Waals surface area contributed by atoms with Gasteiger partial charge in [0, 0.05) is 23.1 Å². The average molecular weight is 347 g/mol. The van der Waals surface area contributed by atoms with Gasteiger partial charge in [-0.05, 0) is 36.7 Å². The van der Waals surface area contributed by atoms with Crippen molar-refractivity contribution in [3.63, 3.8) is 0 Å². The second-order valence-corrected chi connectivity index (χ2v) is 5.78. The van der Waals surface area contributed by atoms with Crippen LogP contribution in [0.3, 0.4) is 0 Å². The molecule has 0 aliphatic carbocycles. The van der Waals surface area contributed by atoms with Gasteiger partial charge in [-0.3, -0.25) is 4.79 Å². The van der Waals surface area contributed by atoms with Gasteiger partial charge < -0.3 is 10.6 Å². The Morgan fingerprint density at radius 2 is 1.86 bits per heavy atom. The smallest absolute Gasteiger partial charge is 0.254 e. The fourth-order valence-corrected chi connectivity index (χ4v) is 2.54. The monoisotopic (exact) mass is 346 g/mol. The summed E-state index contributed by atoms with van der Waals surface area (Å²) in [5, 5.41) is 0. The summed E-state index contributed by atoms with van der Waals surface area (Å²) in [6.45, 7) is 1.85. The summed E-state index contributed by atoms with van der Waals surface area (Å²) >= 11 is 3.41. The number of carbonyl (C=O) groups is 1. The molecule has 2 N–H and O–H groups in total. The van der Waals surface area contributed by atoms with E-state index in [9.17, 15) is 4.79 Å². The summed E-state index contributed by atoms with van der Waals surface area (Å²) in [5.74, 6) is 0.0357. The van der Waals surface area contributed by atoms with Crippen LogP contribution in [0.4, 0.5) is 0 Å². The van der Waals surface area contributed by atoms with Crippen LogP contribution in [-0.2, 0) is 6.54 Å². The number of amides is 1. The predicted molar refractivity (Wildman–Crippen MR) is 89.0 cm³/mol. The number of rotatable bonds is 6. The maximum Gasteiger partial charge on any atom is 0.254 e. The van der Waals surface area contributed by atoms with Gasteiger partial charge >= 0.3 is 0 Å². The molecule has 0 aliphatic rings. The Hall–Kier alpha value is -1.65. The van der Waals surface area contributed by atoms with Gasteiger partial charge in [0.2, 0.25) is 0 Å². The predicted octanol–water partition coefficient (Wildman–Crippen LogP) is 3.44. The standard InChI is InChI=1S/C17H19BrN2O/c18-16-9-4-8-15(12-16)17(21)20(11-5-10-19)13-14-6-2-1-3-7-14/h1-4,6-9,12H,5,10-11,13,19H2. The van der Waals surface area contributed by atoms with E-state index in [2.05, 4.69) is 15.9 Å². The largest absolute Gasteiger partial charge is 0.334 e. The first kappa shape index (κ1) is 15.7. The van der Waals surface area contributed by atoms with Crippen LogP contribution >= 0.6 is 15.9 Å². The molecule has 0 saturated carbocycles. The molecule has 0 unspecified atom stereocenters. The molecule has 4 heteroatoms. The Bertz CT molecular complexity index is 586. The van der Waals surface area contributed by atoms with E-state index in [-0.39, 0.29) is 5.91 Å². The molecule has 0 heterocycles. The number of hydrogen-bond acceptors (Lipinski definition) is 2. The van der Waals surface area contributed by atoms with Crippen molar-refractivity contribution in [2.75, 3.05) is 13.1 Å². The zero-order valence-corrected chi connectivity index (χ0v) is 13.4. The lowest BCUT2D eigenvalue weighted by atomic mass is 10.1. The first-order valence-corrected chi connectivity index (χ1v) is 7.79. The van der Waals surface area contributed by atoms with Crippen LogP contribution < -0.4 is 5.73 Å². The highest BCUT2D eigenvalue weighted by atomic mass is 79.9. The van der Waals surface area contributed by atoms with Gasteiger partial charge in [0.1, 0.15) is 0 Å². The summed E-state index contributed by atoms with van der Waals surface area (Å²) in [5.41, 5.74) is 7.40. The average Bonchev–Trinajstić information content (AvgIpc) is 2.51. The van der Waals surface area contributed by atoms with Crippen molar-refractivity contribution in [3.05, 3.63) is 70.2 Å². The minimum Gasteiger partial charge on any atom is -0.334 e. The molecule has 0 saturated heterocycles. The molecule has 21 heavy (non-hydrogen) atoms. The molecule has 0 atom stereocenters. The Kier molecular flexibility index (Phi) is 5.96. The van der Waals surface area contributed by atoms with E-state index in [1.54, 1.807) is 0 Å². The zero-order chi connectivity index (χ0) is 15.1. The highest BCUT2D eigenvalue weighted by molar-refractivity contribution is 9.10. The minimum absolute atomic E-state index is 0.0357. The van der Waals surface area contributed by atoms with Crippen molar-refractivity contribution in [2.24, 2.45) is 5.73 Å². The van der Waals surface area contributed by atoms with Crippen LogP contribution in [0.1, 0.15) is 22.3 Å². The van der Waals surface area contributed by atoms with Gasteiger partial charge in [0.15, 0.2) is 0 Å². The summed E-state index contributed by atoms with van der Waals surface area (Å²) in [6, 6.07) is 17.5. The number of nitrogens with zero attached hydrogens (tertiary/aromatic N) is 1. The number of benzene rings is 2. The van der Waals surface area contributed by atoms with E-state index < -0.39 is 0 Å². The topological polar surface area (TPSA) is 46.3 Å². The third-order valence-electron chi connectivity index (χ3n) is 3.21. The molecular formula is C17H19BrN2O. The lowest BCUT2D eigenvalue weighted by Gasteiger charge is -2.23. The summed E-state index contributed by atoms with van der Waals surface area (Å²) in [7, 11) is 0. The molecule has 0 spiro atoms. The van der Waals surface area contributed by atoms with Crippen molar-refractivity contribution in [1.82, 2.24) is 4.90 Å². The van der Waals surface area contributed by atoms with E-state index in [4.69, 9.17) is 5.73 Å². The summed E-state index contributed by atoms with van der Waals surface area (Å²) in [6.07, 6.45) is 0.798. The van der Waals surface area contributed by atoms with Crippen LogP contribution in [0.15, 0.2) is 59.1 Å². The first-order valence-electron chi connectivity index (χ1n) is 6.99. The fourth-order valence-electron chi connectivity index (χ4n) is 2.14. The van der Waals surface area contributed by atoms with Crippen molar-refractivity contribution < 1.29 is 4.79 Å². The number of hydrogen-bond donors (Lipinski definition) is 1. The molecule has 1 amide bonds. The normalized spacial score (nSPS) is 10.4. The molecule has 0 bridgehead atoms. The van der Waals surface area contributed by atoms with Gasteiger partial charge in [0.25, 0.3) is 5.91 Å². The maximum absolute atomic E-state index is 12.7. The number of nitrogens with two attached hydrogens (primary N) is 1. The van der Waals surface area contributed by atoms with E-state index in [0.717, 1.165) is 16.5 Å². The van der Waals surface area contributed by atoms with Crippen LogP contribution in [0.25, 0.3) is 0 Å². The minimum atomic E-state index is 0.0357. The lowest BCUT2D eigenvalue weighted by Crippen LogP contribution is -2.32. The number of halogens is 1. The third kappa shape index (κ3) is 4.69. The lowest BCUT2D eigenvalue weighted by molar-refractivity contribution is 0.0742. The van der Waals surface area contributed by atoms with Crippen LogP contribution in [-0.4, -0.2) is 23.9 Å². The highest BCUT2D eigenvalue weighted by Crippen LogP contribution is 2.15. The highest BCUT2D eigenvalue weighted by Gasteiger charge is 2.15. The third-order valence-corrected chi connectivity index (χ3v) is 3.70. The first-order chi connectivity index (χ1) is 10.2. The van der Waals surface area contributed by atoms with Gasteiger partial charge in [-0.2, -0.15) is 0 Å². The van der Waals surface area contributed by atoms with Crippen LogP contribution in [0.2, 0.25) is 0 Å². The van der Waals surface area contributed by atoms with Gasteiger partial charge in [0.05, 0.1) is 0 Å². The quantitative estimate of drug-likeness (QED) is 0.870. The molecule has 2 rings (SSSR count). The zero-order valence-electron chi connectivity index (χ0n) is 11.8. The van der Waals surface area contributed by atoms with Crippen molar-refractivity contribution in [1.29, 1.82) is 0 Å². The Labute approximate surface area is 133 Å². The van der Waals surface area contributed by atoms with Crippen molar-refractivity contribution in [2.45, 2.75) is 13.0 Å². The molecule has 2 aromatic rings. The van der Waals surface area contributed by atoms with E-state index in [1.165, 1.54) is 0 Å². The Morgan fingerprint density at radius 3 is 2.52 bits per heavy atom. The molecule has 0 aliphatic heterocycles. The molecule has 0 aromatic heterocycles. The Balaban J connectivity index is 2.17. The van der Waals surface area contributed by atoms with Crippen molar-refractivity contribution in [3.8, 4) is 0 Å². The van der Waals surface area contributed by atoms with E-state index >= 15 is 0 Å². The Morgan fingerprint density at radius 1 is 1.10 bits per heavy atom. The SMILES string of the molecule is NCCCN(Cc1ccccc1)C(=O)c1cccc(Br)c1. The molecule has 110 valence electrons. The molecule has 3 nitrogen and oxygen atoms in total. The second kappa shape index (κ2) is 7.96. The van der Waals surface area contributed by atoms with Crippen molar-refractivity contribution >= 4 is 21.8 Å². The molecular weight excluding hydrogens is 328 g/mol. The summed E-state index contributed by atoms with van der Waals surface area (Å²) in [4.78, 5) is 14.5. The maximum atomic E-state index is 12.7. The number of carbonyl (C=O) groups excluding carboxylic acids is 1. The van der Waals surface area contributed by atoms with Gasteiger partial charge in [-0.25, -0.2) is 0 Å². The van der Waals surface area contributed by atoms with E-state index in [1.807, 2.05) is 59.5 Å². The summed E-state index contributed by atoms with van der Waals surface area (Å²) < 4.78 is 0.909. The van der Waals surface area contributed by atoms with Gasteiger partial charge in [-0.15, -0.1) is 0 Å². The second-order valence-electron chi connectivity index (χ2n) is 4.86. The molecule has 0 radical (unpaired) electrons.